The zero-order valence-corrected chi connectivity index (χ0v) is 9.41. The summed E-state index contributed by atoms with van der Waals surface area (Å²) in [5.74, 6) is 0.736. The molecule has 1 heterocycles. The Morgan fingerprint density at radius 1 is 1.31 bits per heavy atom. The number of benzene rings is 1. The van der Waals surface area contributed by atoms with Gasteiger partial charge in [0.05, 0.1) is 0 Å². The molecule has 0 saturated heterocycles. The van der Waals surface area contributed by atoms with E-state index in [0.717, 1.165) is 6.42 Å². The van der Waals surface area contributed by atoms with Crippen molar-refractivity contribution in [2.45, 2.75) is 12.8 Å². The second kappa shape index (κ2) is 4.63. The molecule has 4 nitrogen and oxygen atoms in total. The Morgan fingerprint density at radius 2 is 2.12 bits per heavy atom. The van der Waals surface area contributed by atoms with E-state index in [0.29, 0.717) is 34.8 Å². The number of aromatic hydroxyl groups is 1. The maximum Gasteiger partial charge on any atom is 0.141 e. The van der Waals surface area contributed by atoms with Crippen molar-refractivity contribution >= 4 is 22.5 Å². The van der Waals surface area contributed by atoms with Crippen LogP contribution in [-0.4, -0.2) is 21.6 Å². The second-order valence-corrected chi connectivity index (χ2v) is 3.85. The molecule has 0 spiro atoms. The van der Waals surface area contributed by atoms with E-state index in [-0.39, 0.29) is 5.75 Å². The van der Waals surface area contributed by atoms with E-state index in [4.69, 9.17) is 17.3 Å². The van der Waals surface area contributed by atoms with Crippen molar-refractivity contribution in [3.05, 3.63) is 29.2 Å². The molecule has 0 aliphatic heterocycles. The molecule has 0 radical (unpaired) electrons. The fraction of sp³-hybridized carbons (Fsp3) is 0.273. The first-order chi connectivity index (χ1) is 7.72. The molecule has 0 aliphatic carbocycles. The smallest absolute Gasteiger partial charge is 0.141 e. The predicted octanol–water partition coefficient (Wildman–Crippen LogP) is 1.88. The Labute approximate surface area is 98.1 Å². The number of nitrogens with two attached hydrogens (primary N) is 1. The first kappa shape index (κ1) is 11.1. The number of halogens is 1. The van der Waals surface area contributed by atoms with Crippen molar-refractivity contribution in [3.8, 4) is 5.75 Å². The van der Waals surface area contributed by atoms with E-state index in [9.17, 15) is 5.11 Å². The molecular formula is C11H12ClN3O. The maximum absolute atomic E-state index is 9.67. The fourth-order valence-corrected chi connectivity index (χ4v) is 1.76. The third-order valence-electron chi connectivity index (χ3n) is 2.31. The molecule has 0 fully saturated rings. The molecule has 0 bridgehead atoms. The minimum absolute atomic E-state index is 0.121. The summed E-state index contributed by atoms with van der Waals surface area (Å²) in [6, 6.07) is 5.08. The summed E-state index contributed by atoms with van der Waals surface area (Å²) in [7, 11) is 0. The molecule has 2 aromatic rings. The van der Waals surface area contributed by atoms with Crippen LogP contribution in [0.3, 0.4) is 0 Å². The van der Waals surface area contributed by atoms with Gasteiger partial charge in [-0.15, -0.1) is 0 Å². The zero-order chi connectivity index (χ0) is 11.5. The molecule has 0 aliphatic rings. The number of hydrogen-bond donors (Lipinski definition) is 2. The van der Waals surface area contributed by atoms with Gasteiger partial charge in [0.25, 0.3) is 0 Å². The number of aryl methyl sites for hydroxylation is 1. The van der Waals surface area contributed by atoms with E-state index in [1.54, 1.807) is 18.2 Å². The Morgan fingerprint density at radius 3 is 2.88 bits per heavy atom. The van der Waals surface area contributed by atoms with Gasteiger partial charge < -0.3 is 10.8 Å². The van der Waals surface area contributed by atoms with Crippen LogP contribution >= 0.6 is 11.6 Å². The van der Waals surface area contributed by atoms with E-state index < -0.39 is 0 Å². The summed E-state index contributed by atoms with van der Waals surface area (Å²) in [6.45, 7) is 0.583. The van der Waals surface area contributed by atoms with Gasteiger partial charge in [-0.25, -0.2) is 9.97 Å². The van der Waals surface area contributed by atoms with Crippen LogP contribution in [-0.2, 0) is 6.42 Å². The Balaban J connectivity index is 2.52. The van der Waals surface area contributed by atoms with Crippen LogP contribution in [0.15, 0.2) is 18.2 Å². The highest BCUT2D eigenvalue weighted by atomic mass is 35.5. The number of aromatic nitrogens is 2. The lowest BCUT2D eigenvalue weighted by molar-refractivity contribution is 0.480. The van der Waals surface area contributed by atoms with Crippen molar-refractivity contribution in [1.82, 2.24) is 9.97 Å². The number of para-hydroxylation sites is 1. The van der Waals surface area contributed by atoms with E-state index in [2.05, 4.69) is 9.97 Å². The first-order valence-corrected chi connectivity index (χ1v) is 5.44. The lowest BCUT2D eigenvalue weighted by Crippen LogP contribution is -2.03. The molecule has 3 N–H and O–H groups in total. The van der Waals surface area contributed by atoms with Gasteiger partial charge >= 0.3 is 0 Å². The molecule has 2 rings (SSSR count). The van der Waals surface area contributed by atoms with Gasteiger partial charge in [0.2, 0.25) is 0 Å². The number of rotatable bonds is 3. The van der Waals surface area contributed by atoms with Gasteiger partial charge in [0.1, 0.15) is 22.2 Å². The van der Waals surface area contributed by atoms with E-state index in [1.807, 2.05) is 0 Å². The molecule has 0 amide bonds. The highest BCUT2D eigenvalue weighted by molar-refractivity contribution is 6.34. The number of phenols is 1. The van der Waals surface area contributed by atoms with Crippen molar-refractivity contribution < 1.29 is 5.11 Å². The van der Waals surface area contributed by atoms with Crippen LogP contribution in [0.25, 0.3) is 10.9 Å². The second-order valence-electron chi connectivity index (χ2n) is 3.50. The average Bonchev–Trinajstić information content (AvgIpc) is 2.28. The molecule has 84 valence electrons. The lowest BCUT2D eigenvalue weighted by atomic mass is 10.2. The minimum Gasteiger partial charge on any atom is -0.506 e. The largest absolute Gasteiger partial charge is 0.506 e. The van der Waals surface area contributed by atoms with Crippen LogP contribution in [0.2, 0.25) is 5.15 Å². The minimum atomic E-state index is 0.121. The topological polar surface area (TPSA) is 72.0 Å². The van der Waals surface area contributed by atoms with Gasteiger partial charge in [-0.2, -0.15) is 0 Å². The lowest BCUT2D eigenvalue weighted by Gasteiger charge is -2.05. The van der Waals surface area contributed by atoms with Crippen molar-refractivity contribution in [2.75, 3.05) is 6.54 Å². The third-order valence-corrected chi connectivity index (χ3v) is 2.60. The molecule has 5 heteroatoms. The number of hydrogen-bond acceptors (Lipinski definition) is 4. The highest BCUT2D eigenvalue weighted by Crippen LogP contribution is 2.27. The molecule has 0 unspecified atom stereocenters. The molecule has 1 aromatic carbocycles. The Hall–Kier alpha value is -1.39. The quantitative estimate of drug-likeness (QED) is 0.800. The van der Waals surface area contributed by atoms with Gasteiger partial charge in [-0.1, -0.05) is 17.7 Å². The summed E-state index contributed by atoms with van der Waals surface area (Å²) in [6.07, 6.45) is 1.47. The van der Waals surface area contributed by atoms with Crippen molar-refractivity contribution in [1.29, 1.82) is 0 Å². The SMILES string of the molecule is NCCCc1nc(Cl)c2cccc(O)c2n1. The summed E-state index contributed by atoms with van der Waals surface area (Å²) < 4.78 is 0. The zero-order valence-electron chi connectivity index (χ0n) is 8.65. The number of phenolic OH excluding ortho intramolecular Hbond substituents is 1. The summed E-state index contributed by atoms with van der Waals surface area (Å²) in [4.78, 5) is 8.44. The first-order valence-electron chi connectivity index (χ1n) is 5.06. The predicted molar refractivity (Wildman–Crippen MR) is 63.6 cm³/mol. The van der Waals surface area contributed by atoms with Gasteiger partial charge in [-0.3, -0.25) is 0 Å². The highest BCUT2D eigenvalue weighted by Gasteiger charge is 2.08. The normalized spacial score (nSPS) is 10.9. The summed E-state index contributed by atoms with van der Waals surface area (Å²) >= 11 is 6.02. The van der Waals surface area contributed by atoms with Crippen molar-refractivity contribution in [3.63, 3.8) is 0 Å². The van der Waals surface area contributed by atoms with Crippen LogP contribution in [0.4, 0.5) is 0 Å². The number of nitrogens with zero attached hydrogens (tertiary/aromatic N) is 2. The van der Waals surface area contributed by atoms with Gasteiger partial charge in [-0.05, 0) is 25.1 Å². The number of fused-ring (bicyclic) bond motifs is 1. The Kier molecular flexibility index (Phi) is 3.22. The van der Waals surface area contributed by atoms with E-state index in [1.165, 1.54) is 0 Å². The molecule has 0 atom stereocenters. The van der Waals surface area contributed by atoms with Crippen LogP contribution in [0.5, 0.6) is 5.75 Å². The average molecular weight is 238 g/mol. The molecule has 1 aromatic heterocycles. The molecule has 16 heavy (non-hydrogen) atoms. The Bertz CT molecular complexity index is 516. The summed E-state index contributed by atoms with van der Waals surface area (Å²) in [5, 5.41) is 10.7. The van der Waals surface area contributed by atoms with Gasteiger partial charge in [0.15, 0.2) is 0 Å². The van der Waals surface area contributed by atoms with Gasteiger partial charge in [0, 0.05) is 11.8 Å². The van der Waals surface area contributed by atoms with Crippen molar-refractivity contribution in [2.24, 2.45) is 5.73 Å². The molecule has 0 saturated carbocycles. The summed E-state index contributed by atoms with van der Waals surface area (Å²) in [5.41, 5.74) is 5.91. The third kappa shape index (κ3) is 2.08. The monoisotopic (exact) mass is 237 g/mol. The van der Waals surface area contributed by atoms with Crippen LogP contribution in [0, 0.1) is 0 Å². The van der Waals surface area contributed by atoms with Crippen LogP contribution < -0.4 is 5.73 Å². The molecular weight excluding hydrogens is 226 g/mol. The van der Waals surface area contributed by atoms with E-state index >= 15 is 0 Å². The standard InChI is InChI=1S/C11H12ClN3O/c12-11-7-3-1-4-8(16)10(7)14-9(15-11)5-2-6-13/h1,3-4,16H,2,5-6,13H2. The van der Waals surface area contributed by atoms with Crippen LogP contribution in [0.1, 0.15) is 12.2 Å². The fourth-order valence-electron chi connectivity index (χ4n) is 1.51. The maximum atomic E-state index is 9.67.